The smallest absolute Gasteiger partial charge is 0.246 e. The monoisotopic (exact) mass is 535 g/mol. The van der Waals surface area contributed by atoms with E-state index in [-0.39, 0.29) is 29.6 Å². The second kappa shape index (κ2) is 14.3. The number of carbonyl (C=O) groups excluding carboxylic acids is 2. The predicted molar refractivity (Wildman–Crippen MR) is 152 cm³/mol. The van der Waals surface area contributed by atoms with Crippen molar-refractivity contribution in [2.24, 2.45) is 5.92 Å². The number of likely N-dealkylation sites (N-methyl/N-ethyl adjacent to an activating group) is 2. The summed E-state index contributed by atoms with van der Waals surface area (Å²) in [5.74, 6) is 6.95. The Kier molecular flexibility index (Phi) is 10.8. The maximum atomic E-state index is 13.2. The lowest BCUT2D eigenvalue weighted by Crippen LogP contribution is -2.51. The Morgan fingerprint density at radius 2 is 1.92 bits per heavy atom. The second-order valence-corrected chi connectivity index (χ2v) is 9.95. The number of carbonyl (C=O) groups is 2. The number of nitrogens with one attached hydrogen (secondary N) is 3. The molecule has 0 radical (unpaired) electrons. The molecule has 1 saturated carbocycles. The van der Waals surface area contributed by atoms with E-state index in [0.717, 1.165) is 25.8 Å². The highest BCUT2D eigenvalue weighted by Crippen LogP contribution is 2.27. The third-order valence-electron chi connectivity index (χ3n) is 6.37. The number of amides is 2. The number of nitrogens with zero attached hydrogens (tertiary/aromatic N) is 4. The van der Waals surface area contributed by atoms with Gasteiger partial charge in [-0.25, -0.2) is 9.37 Å². The fourth-order valence-electron chi connectivity index (χ4n) is 3.78. The zero-order valence-electron chi connectivity index (χ0n) is 23.3. The van der Waals surface area contributed by atoms with Gasteiger partial charge in [0.1, 0.15) is 17.7 Å². The zero-order valence-corrected chi connectivity index (χ0v) is 23.3. The average Bonchev–Trinajstić information content (AvgIpc) is 2.89. The van der Waals surface area contributed by atoms with Crippen LogP contribution in [0.25, 0.3) is 0 Å². The molecule has 2 aromatic rings. The van der Waals surface area contributed by atoms with Crippen molar-refractivity contribution >= 4 is 29.3 Å². The molecule has 0 spiro atoms. The van der Waals surface area contributed by atoms with Gasteiger partial charge in [0.25, 0.3) is 0 Å². The number of rotatable bonds is 11. The molecule has 1 fully saturated rings. The molecule has 1 aromatic heterocycles. The van der Waals surface area contributed by atoms with E-state index < -0.39 is 6.04 Å². The van der Waals surface area contributed by atoms with Crippen molar-refractivity contribution in [2.75, 3.05) is 44.9 Å². The van der Waals surface area contributed by atoms with Crippen LogP contribution in [0.3, 0.4) is 0 Å². The van der Waals surface area contributed by atoms with Crippen LogP contribution in [0.4, 0.5) is 21.8 Å². The Labute approximate surface area is 230 Å². The zero-order chi connectivity index (χ0) is 28.4. The summed E-state index contributed by atoms with van der Waals surface area (Å²) in [5, 5.41) is 9.40. The van der Waals surface area contributed by atoms with Crippen molar-refractivity contribution in [3.05, 3.63) is 54.0 Å². The van der Waals surface area contributed by atoms with Crippen LogP contribution in [0.2, 0.25) is 0 Å². The molecule has 1 aliphatic rings. The Bertz CT molecular complexity index is 1210. The fraction of sp³-hybridized carbons (Fsp3) is 0.448. The van der Waals surface area contributed by atoms with Gasteiger partial charge in [-0.2, -0.15) is 4.98 Å². The molecule has 1 atom stereocenters. The molecular formula is C29H38FN7O2. The van der Waals surface area contributed by atoms with E-state index in [2.05, 4.69) is 44.7 Å². The van der Waals surface area contributed by atoms with Crippen LogP contribution in [0, 0.1) is 23.6 Å². The standard InChI is InChI=1S/C29H38FN7O2/c1-6-15-31-27-22(19-32-29(35-27)34-24-13-11-23(30)12-14-24)10-9-21-17-25(18-21)33-28(39)20(2)37(5)26(38)8-7-16-36(3)4/h7-8,11-14,19-21,25H,6,15-18H2,1-5H3,(H,33,39)(H2,31,32,34,35)/b8-7+/t20-,21?,25?/m0/s1. The van der Waals surface area contributed by atoms with E-state index in [0.29, 0.717) is 29.6 Å². The third kappa shape index (κ3) is 9.07. The minimum atomic E-state index is -0.571. The topological polar surface area (TPSA) is 102 Å². The molecule has 1 aliphatic carbocycles. The molecule has 39 heavy (non-hydrogen) atoms. The predicted octanol–water partition coefficient (Wildman–Crippen LogP) is 3.39. The van der Waals surface area contributed by atoms with Gasteiger partial charge in [-0.3, -0.25) is 9.59 Å². The third-order valence-corrected chi connectivity index (χ3v) is 6.37. The van der Waals surface area contributed by atoms with E-state index in [4.69, 9.17) is 0 Å². The van der Waals surface area contributed by atoms with E-state index >= 15 is 0 Å². The van der Waals surface area contributed by atoms with Crippen LogP contribution in [-0.4, -0.2) is 77.9 Å². The highest BCUT2D eigenvalue weighted by molar-refractivity contribution is 5.92. The van der Waals surface area contributed by atoms with Gasteiger partial charge in [0.05, 0.1) is 11.8 Å². The van der Waals surface area contributed by atoms with Crippen molar-refractivity contribution < 1.29 is 14.0 Å². The fourth-order valence-corrected chi connectivity index (χ4v) is 3.78. The van der Waals surface area contributed by atoms with Crippen LogP contribution < -0.4 is 16.0 Å². The summed E-state index contributed by atoms with van der Waals surface area (Å²) in [4.78, 5) is 37.3. The Morgan fingerprint density at radius 1 is 1.21 bits per heavy atom. The van der Waals surface area contributed by atoms with Crippen LogP contribution in [-0.2, 0) is 9.59 Å². The molecule has 2 amide bonds. The minimum absolute atomic E-state index is 0.0308. The molecule has 208 valence electrons. The van der Waals surface area contributed by atoms with Crippen LogP contribution in [0.5, 0.6) is 0 Å². The SMILES string of the molecule is CCCNc1nc(Nc2ccc(F)cc2)ncc1C#CC1CC(NC(=O)[C@H](C)N(C)C(=O)/C=C/CN(C)C)C1. The lowest BCUT2D eigenvalue weighted by molar-refractivity contribution is -0.135. The molecular weight excluding hydrogens is 497 g/mol. The maximum absolute atomic E-state index is 13.2. The van der Waals surface area contributed by atoms with Gasteiger partial charge in [0, 0.05) is 43.9 Å². The highest BCUT2D eigenvalue weighted by Gasteiger charge is 2.31. The summed E-state index contributed by atoms with van der Waals surface area (Å²) in [7, 11) is 5.48. The summed E-state index contributed by atoms with van der Waals surface area (Å²) in [6.07, 6.45) is 7.36. The molecule has 0 saturated heterocycles. The van der Waals surface area contributed by atoms with Gasteiger partial charge in [-0.15, -0.1) is 0 Å². The quantitative estimate of drug-likeness (QED) is 0.299. The molecule has 1 heterocycles. The average molecular weight is 536 g/mol. The van der Waals surface area contributed by atoms with Crippen LogP contribution >= 0.6 is 0 Å². The Morgan fingerprint density at radius 3 is 2.59 bits per heavy atom. The number of hydrogen-bond acceptors (Lipinski definition) is 7. The number of anilines is 3. The van der Waals surface area contributed by atoms with Gasteiger partial charge in [0.2, 0.25) is 17.8 Å². The number of benzene rings is 1. The van der Waals surface area contributed by atoms with Crippen LogP contribution in [0.1, 0.15) is 38.7 Å². The maximum Gasteiger partial charge on any atom is 0.246 e. The molecule has 9 nitrogen and oxygen atoms in total. The first-order chi connectivity index (χ1) is 18.7. The number of hydrogen-bond donors (Lipinski definition) is 3. The van der Waals surface area contributed by atoms with Gasteiger partial charge >= 0.3 is 0 Å². The van der Waals surface area contributed by atoms with E-state index in [1.807, 2.05) is 19.0 Å². The van der Waals surface area contributed by atoms with Crippen molar-refractivity contribution in [3.63, 3.8) is 0 Å². The summed E-state index contributed by atoms with van der Waals surface area (Å²) >= 11 is 0. The van der Waals surface area contributed by atoms with E-state index in [1.165, 1.54) is 23.1 Å². The first-order valence-corrected chi connectivity index (χ1v) is 13.2. The molecule has 10 heteroatoms. The summed E-state index contributed by atoms with van der Waals surface area (Å²) in [5.41, 5.74) is 1.38. The molecule has 3 rings (SSSR count). The Balaban J connectivity index is 1.54. The second-order valence-electron chi connectivity index (χ2n) is 9.95. The number of aromatic nitrogens is 2. The Hall–Kier alpha value is -3.97. The van der Waals surface area contributed by atoms with E-state index in [9.17, 15) is 14.0 Å². The molecule has 3 N–H and O–H groups in total. The lowest BCUT2D eigenvalue weighted by Gasteiger charge is -2.34. The van der Waals surface area contributed by atoms with Gasteiger partial charge in [0.15, 0.2) is 0 Å². The van der Waals surface area contributed by atoms with Gasteiger partial charge in [-0.1, -0.05) is 24.8 Å². The minimum Gasteiger partial charge on any atom is -0.369 e. The van der Waals surface area contributed by atoms with Crippen LogP contribution in [0.15, 0.2) is 42.6 Å². The normalized spacial score (nSPS) is 17.1. The van der Waals surface area contributed by atoms with Gasteiger partial charge in [-0.05, 0) is 64.5 Å². The molecule has 1 aromatic carbocycles. The molecule has 0 aliphatic heterocycles. The number of halogens is 1. The first kappa shape index (κ1) is 29.6. The summed E-state index contributed by atoms with van der Waals surface area (Å²) in [6.45, 7) is 5.18. The van der Waals surface area contributed by atoms with Gasteiger partial charge < -0.3 is 25.8 Å². The van der Waals surface area contributed by atoms with Crippen molar-refractivity contribution in [2.45, 2.75) is 45.2 Å². The first-order valence-electron chi connectivity index (χ1n) is 13.2. The molecule has 0 unspecified atom stereocenters. The molecule has 0 bridgehead atoms. The lowest BCUT2D eigenvalue weighted by atomic mass is 9.80. The van der Waals surface area contributed by atoms with Crippen molar-refractivity contribution in [1.82, 2.24) is 25.1 Å². The summed E-state index contributed by atoms with van der Waals surface area (Å²) < 4.78 is 13.2. The largest absolute Gasteiger partial charge is 0.369 e. The van der Waals surface area contributed by atoms with Crippen molar-refractivity contribution in [1.29, 1.82) is 0 Å². The van der Waals surface area contributed by atoms with E-state index in [1.54, 1.807) is 38.4 Å². The summed E-state index contributed by atoms with van der Waals surface area (Å²) in [6, 6.07) is 5.45. The highest BCUT2D eigenvalue weighted by atomic mass is 19.1. The van der Waals surface area contributed by atoms with Crippen molar-refractivity contribution in [3.8, 4) is 11.8 Å².